The number of fused-ring (bicyclic) bond motifs is 6. The topological polar surface area (TPSA) is 189 Å². The maximum atomic E-state index is 15.4. The fourth-order valence-electron chi connectivity index (χ4n) is 10.1. The van der Waals surface area contributed by atoms with E-state index in [-0.39, 0.29) is 61.6 Å². The number of alkyl carbamates (subject to hydrolysis) is 2. The predicted octanol–water partition coefficient (Wildman–Crippen LogP) is 7.40. The molecule has 0 spiro atoms. The van der Waals surface area contributed by atoms with Crippen molar-refractivity contribution in [2.24, 2.45) is 29.6 Å². The number of ether oxygens (including phenoxy) is 3. The number of nitrogens with zero attached hydrogens (tertiary/aromatic N) is 5. The molecule has 4 N–H and O–H groups in total. The number of piperidine rings is 1. The fraction of sp³-hybridized carbons (Fsp3) is 0.500. The molecule has 3 fully saturated rings. The third kappa shape index (κ3) is 8.29. The van der Waals surface area contributed by atoms with E-state index in [1.807, 2.05) is 44.9 Å². The van der Waals surface area contributed by atoms with Gasteiger partial charge < -0.3 is 49.2 Å². The van der Waals surface area contributed by atoms with Gasteiger partial charge in [0.25, 0.3) is 0 Å². The zero-order valence-corrected chi connectivity index (χ0v) is 37.9. The first-order chi connectivity index (χ1) is 31.3. The number of carbonyl (C=O) groups is 4. The van der Waals surface area contributed by atoms with Crippen molar-refractivity contribution in [2.45, 2.75) is 90.8 Å². The standard InChI is InChI=1S/C48H58FN9O7/c1-8-42-57-36-12-10-26(34-20-50-41(53-34)18-30-22-56(23-33(30)49)45(59)32(24(2)3)19-52-47(61)63-6)13-28(36)15-38(57)31-11-9-27(17-40(31)65-42)35-21-51-44(54-35)39-16-29-14-37(29)58(39)46(60)43(25(4)5)55-48(62)64-7/h9-13,15,17,20-21,24-25,29-30,32-33,37,39,42-43H,8,14,16,18-19,22-23H2,1-7H3,(H,50,53)(H,51,54)(H,52,61)(H,55,62)/t29-,30?,32+,33?,37-,39+,42?,43+/m1/s1. The van der Waals surface area contributed by atoms with Crippen LogP contribution in [0.15, 0.2) is 54.9 Å². The number of benzene rings is 2. The zero-order chi connectivity index (χ0) is 45.8. The molecule has 5 aromatic rings. The molecule has 17 heteroatoms. The number of methoxy groups -OCH3 is 2. The van der Waals surface area contributed by atoms with Crippen LogP contribution in [0.1, 0.15) is 77.8 Å². The van der Waals surface area contributed by atoms with Crippen LogP contribution in [-0.2, 0) is 25.5 Å². The minimum atomic E-state index is -1.20. The summed E-state index contributed by atoms with van der Waals surface area (Å²) in [6.45, 7) is 10.2. The van der Waals surface area contributed by atoms with E-state index < -0.39 is 36.2 Å². The lowest BCUT2D eigenvalue weighted by molar-refractivity contribution is -0.137. The smallest absolute Gasteiger partial charge is 0.407 e. The number of imidazole rings is 2. The van der Waals surface area contributed by atoms with Gasteiger partial charge >= 0.3 is 12.2 Å². The van der Waals surface area contributed by atoms with E-state index in [1.54, 1.807) is 11.1 Å². The number of alkyl halides is 1. The van der Waals surface area contributed by atoms with Gasteiger partial charge in [0, 0.05) is 60.0 Å². The molecule has 4 aliphatic rings. The number of hydrogen-bond donors (Lipinski definition) is 4. The molecular weight excluding hydrogens is 834 g/mol. The van der Waals surface area contributed by atoms with Crippen molar-refractivity contribution in [3.8, 4) is 39.5 Å². The molecule has 2 aromatic carbocycles. The van der Waals surface area contributed by atoms with Gasteiger partial charge in [-0.2, -0.15) is 0 Å². The van der Waals surface area contributed by atoms with Crippen LogP contribution in [0.3, 0.4) is 0 Å². The zero-order valence-electron chi connectivity index (χ0n) is 37.9. The molecule has 344 valence electrons. The Bertz CT molecular complexity index is 2620. The van der Waals surface area contributed by atoms with E-state index in [1.165, 1.54) is 14.2 Å². The first-order valence-corrected chi connectivity index (χ1v) is 22.7. The summed E-state index contributed by atoms with van der Waals surface area (Å²) >= 11 is 0. The van der Waals surface area contributed by atoms with Crippen LogP contribution in [0.5, 0.6) is 5.75 Å². The third-order valence-electron chi connectivity index (χ3n) is 13.8. The summed E-state index contributed by atoms with van der Waals surface area (Å²) in [6, 6.07) is 13.9. The highest BCUT2D eigenvalue weighted by Crippen LogP contribution is 2.53. The quantitative estimate of drug-likeness (QED) is 0.0934. The SMILES string of the molecule is CCC1Oc2cc(-c3cnc([C@@H]4C[C@H]5C[C@H]5N4C(=O)[C@@H](NC(=O)OC)C(C)C)[nH]3)ccc2-c2cc3cc(-c4cnc(CC5CN(C(=O)[C@@H](CNC(=O)OC)C(C)C)CC5F)[nH]4)ccc3n21. The number of carbonyl (C=O) groups excluding carboxylic acids is 4. The monoisotopic (exact) mass is 891 g/mol. The molecule has 0 radical (unpaired) electrons. The number of amides is 4. The molecule has 3 aliphatic heterocycles. The van der Waals surface area contributed by atoms with E-state index in [0.29, 0.717) is 18.2 Å². The number of halogens is 1. The van der Waals surface area contributed by atoms with Gasteiger partial charge in [-0.15, -0.1) is 0 Å². The Morgan fingerprint density at radius 2 is 1.63 bits per heavy atom. The summed E-state index contributed by atoms with van der Waals surface area (Å²) in [5.74, 6) is 1.18. The summed E-state index contributed by atoms with van der Waals surface area (Å²) in [5, 5.41) is 6.40. The molecule has 9 rings (SSSR count). The van der Waals surface area contributed by atoms with Crippen LogP contribution < -0.4 is 15.4 Å². The molecule has 2 saturated heterocycles. The first kappa shape index (κ1) is 43.8. The lowest BCUT2D eigenvalue weighted by atomic mass is 9.94. The Morgan fingerprint density at radius 3 is 2.37 bits per heavy atom. The molecule has 65 heavy (non-hydrogen) atoms. The lowest BCUT2D eigenvalue weighted by Gasteiger charge is -2.32. The van der Waals surface area contributed by atoms with E-state index >= 15 is 4.39 Å². The van der Waals surface area contributed by atoms with Crippen molar-refractivity contribution in [3.05, 3.63) is 66.5 Å². The summed E-state index contributed by atoms with van der Waals surface area (Å²) in [5.41, 5.74) is 6.54. The third-order valence-corrected chi connectivity index (χ3v) is 13.8. The van der Waals surface area contributed by atoms with Gasteiger partial charge in [0.05, 0.1) is 67.7 Å². The summed E-state index contributed by atoms with van der Waals surface area (Å²) < 4.78 is 33.9. The number of nitrogens with one attached hydrogen (secondary N) is 4. The Balaban J connectivity index is 0.905. The molecule has 6 heterocycles. The lowest BCUT2D eigenvalue weighted by Crippen LogP contribution is -2.52. The van der Waals surface area contributed by atoms with Gasteiger partial charge in [-0.05, 0) is 60.9 Å². The minimum absolute atomic E-state index is 0.00769. The van der Waals surface area contributed by atoms with Crippen LogP contribution in [0.2, 0.25) is 0 Å². The molecule has 3 unspecified atom stereocenters. The Hall–Kier alpha value is -6.39. The van der Waals surface area contributed by atoms with Crippen molar-refractivity contribution >= 4 is 34.9 Å². The molecule has 4 amide bonds. The van der Waals surface area contributed by atoms with E-state index in [0.717, 1.165) is 75.5 Å². The minimum Gasteiger partial charge on any atom is -0.469 e. The van der Waals surface area contributed by atoms with Gasteiger partial charge in [-0.1, -0.05) is 46.8 Å². The highest BCUT2D eigenvalue weighted by Gasteiger charge is 2.56. The van der Waals surface area contributed by atoms with Crippen LogP contribution in [0, 0.1) is 29.6 Å². The van der Waals surface area contributed by atoms with Crippen molar-refractivity contribution < 1.29 is 37.8 Å². The van der Waals surface area contributed by atoms with Crippen molar-refractivity contribution in [1.29, 1.82) is 0 Å². The second-order valence-corrected chi connectivity index (χ2v) is 18.7. The van der Waals surface area contributed by atoms with Gasteiger partial charge in [-0.25, -0.2) is 23.9 Å². The van der Waals surface area contributed by atoms with E-state index in [9.17, 15) is 19.2 Å². The fourth-order valence-corrected chi connectivity index (χ4v) is 10.1. The van der Waals surface area contributed by atoms with Crippen molar-refractivity contribution in [1.82, 2.24) is 44.9 Å². The highest BCUT2D eigenvalue weighted by molar-refractivity contribution is 5.92. The Morgan fingerprint density at radius 1 is 0.892 bits per heavy atom. The molecule has 0 bridgehead atoms. The van der Waals surface area contributed by atoms with Crippen LogP contribution >= 0.6 is 0 Å². The molecule has 1 saturated carbocycles. The van der Waals surface area contributed by atoms with E-state index in [2.05, 4.69) is 78.2 Å². The number of aromatic amines is 2. The summed E-state index contributed by atoms with van der Waals surface area (Å²) in [7, 11) is 2.57. The Labute approximate surface area is 377 Å². The average Bonchev–Trinajstić information content (AvgIpc) is 3.90. The predicted molar refractivity (Wildman–Crippen MR) is 240 cm³/mol. The van der Waals surface area contributed by atoms with E-state index in [4.69, 9.17) is 14.5 Å². The number of likely N-dealkylation sites (tertiary alicyclic amines) is 2. The van der Waals surface area contributed by atoms with Gasteiger partial charge in [-0.3, -0.25) is 9.59 Å². The number of H-pyrrole nitrogens is 2. The Kier molecular flexibility index (Phi) is 11.8. The van der Waals surface area contributed by atoms with Gasteiger partial charge in [0.15, 0.2) is 6.23 Å². The molecule has 3 aromatic heterocycles. The van der Waals surface area contributed by atoms with Gasteiger partial charge in [0.2, 0.25) is 11.8 Å². The number of aromatic nitrogens is 5. The normalized spacial score (nSPS) is 22.9. The molecule has 8 atom stereocenters. The molecule has 1 aliphatic carbocycles. The summed E-state index contributed by atoms with van der Waals surface area (Å²) in [6.07, 6.45) is 3.77. The van der Waals surface area contributed by atoms with Crippen LogP contribution in [0.25, 0.3) is 44.7 Å². The van der Waals surface area contributed by atoms with Gasteiger partial charge in [0.1, 0.15) is 29.6 Å². The first-order valence-electron chi connectivity index (χ1n) is 22.7. The van der Waals surface area contributed by atoms with Crippen molar-refractivity contribution in [3.63, 3.8) is 0 Å². The van der Waals surface area contributed by atoms with Crippen molar-refractivity contribution in [2.75, 3.05) is 33.9 Å². The number of rotatable bonds is 13. The maximum Gasteiger partial charge on any atom is 0.407 e. The second-order valence-electron chi connectivity index (χ2n) is 18.7. The highest BCUT2D eigenvalue weighted by atomic mass is 19.1. The maximum absolute atomic E-state index is 15.4. The molecular formula is C48H58FN9O7. The summed E-state index contributed by atoms with van der Waals surface area (Å²) in [4.78, 5) is 71.0. The van der Waals surface area contributed by atoms with Crippen LogP contribution in [0.4, 0.5) is 14.0 Å². The second kappa shape index (κ2) is 17.5. The van der Waals surface area contributed by atoms with Crippen LogP contribution in [-0.4, -0.2) is 110 Å². The average molecular weight is 892 g/mol. The number of hydrogen-bond acceptors (Lipinski definition) is 9. The molecule has 16 nitrogen and oxygen atoms in total. The largest absolute Gasteiger partial charge is 0.469 e.